The third-order valence-electron chi connectivity index (χ3n) is 2.24. The summed E-state index contributed by atoms with van der Waals surface area (Å²) < 4.78 is 9.84. The van der Waals surface area contributed by atoms with E-state index in [4.69, 9.17) is 4.74 Å². The fourth-order valence-electron chi connectivity index (χ4n) is 1.47. The van der Waals surface area contributed by atoms with Gasteiger partial charge in [0.15, 0.2) is 0 Å². The van der Waals surface area contributed by atoms with Crippen molar-refractivity contribution in [1.82, 2.24) is 4.90 Å². The average molecular weight is 427 g/mol. The number of hydrogen-bond donors (Lipinski definition) is 0. The fourth-order valence-corrected chi connectivity index (χ4v) is 1.47. The molecule has 104 valence electrons. The molecular formula is C11H19N2O4W-. The molecule has 1 saturated heterocycles. The van der Waals surface area contributed by atoms with E-state index in [-0.39, 0.29) is 27.6 Å². The Kier molecular flexibility index (Phi) is 6.85. The number of carbonyl (C=O) groups is 2. The molecule has 7 heteroatoms. The largest absolute Gasteiger partial charge is 0.647 e. The predicted molar refractivity (Wildman–Crippen MR) is 61.8 cm³/mol. The Bertz CT molecular complexity index is 304. The first-order valence-electron chi connectivity index (χ1n) is 5.56. The number of esters is 1. The van der Waals surface area contributed by atoms with Crippen LogP contribution in [-0.4, -0.2) is 55.3 Å². The van der Waals surface area contributed by atoms with Crippen LogP contribution in [0.25, 0.3) is 5.32 Å². The van der Waals surface area contributed by atoms with Gasteiger partial charge >= 0.3 is 6.09 Å². The predicted octanol–water partition coefficient (Wildman–Crippen LogP) is 1.15. The maximum absolute atomic E-state index is 11.8. The van der Waals surface area contributed by atoms with E-state index in [1.807, 2.05) is 0 Å². The van der Waals surface area contributed by atoms with Crippen molar-refractivity contribution in [2.75, 3.05) is 26.7 Å². The summed E-state index contributed by atoms with van der Waals surface area (Å²) in [5, 5.41) is 4.11. The number of ether oxygens (including phenoxy) is 2. The summed E-state index contributed by atoms with van der Waals surface area (Å²) in [6.07, 6.45) is -0.415. The molecule has 0 bridgehead atoms. The van der Waals surface area contributed by atoms with Crippen molar-refractivity contribution >= 4 is 12.1 Å². The summed E-state index contributed by atoms with van der Waals surface area (Å²) in [4.78, 5) is 24.6. The molecule has 1 unspecified atom stereocenters. The third-order valence-corrected chi connectivity index (χ3v) is 2.24. The zero-order chi connectivity index (χ0) is 13.1. The van der Waals surface area contributed by atoms with E-state index in [1.165, 1.54) is 12.0 Å². The summed E-state index contributed by atoms with van der Waals surface area (Å²) >= 11 is 0. The molecule has 1 amide bonds. The molecule has 1 heterocycles. The van der Waals surface area contributed by atoms with E-state index in [0.29, 0.717) is 13.1 Å². The Labute approximate surface area is 122 Å². The number of methoxy groups -OCH3 is 1. The molecule has 0 aromatic rings. The molecular weight excluding hydrogens is 408 g/mol. The molecule has 1 fully saturated rings. The normalized spacial score (nSPS) is 19.8. The van der Waals surface area contributed by atoms with Crippen molar-refractivity contribution in [1.29, 1.82) is 0 Å². The van der Waals surface area contributed by atoms with Crippen LogP contribution in [0.2, 0.25) is 0 Å². The van der Waals surface area contributed by atoms with Gasteiger partial charge < -0.3 is 19.7 Å². The van der Waals surface area contributed by atoms with E-state index < -0.39 is 23.7 Å². The Hall–Kier alpha value is -0.612. The number of nitrogens with zero attached hydrogens (tertiary/aromatic N) is 2. The molecule has 18 heavy (non-hydrogen) atoms. The van der Waals surface area contributed by atoms with Crippen LogP contribution in [-0.2, 0) is 35.3 Å². The van der Waals surface area contributed by atoms with Crippen LogP contribution in [0.4, 0.5) is 4.79 Å². The number of piperazine rings is 1. The molecule has 1 aliphatic rings. The Morgan fingerprint density at radius 3 is 2.44 bits per heavy atom. The maximum atomic E-state index is 11.8. The molecule has 0 spiro atoms. The van der Waals surface area contributed by atoms with Crippen LogP contribution in [0.15, 0.2) is 0 Å². The van der Waals surface area contributed by atoms with Gasteiger partial charge in [-0.05, 0) is 26.8 Å². The quantitative estimate of drug-likeness (QED) is 0.589. The topological polar surface area (TPSA) is 69.9 Å². The molecule has 0 N–H and O–H groups in total. The molecule has 1 aliphatic heterocycles. The van der Waals surface area contributed by atoms with Gasteiger partial charge in [0.1, 0.15) is 5.60 Å². The van der Waals surface area contributed by atoms with Crippen LogP contribution in [0, 0.1) is 0 Å². The van der Waals surface area contributed by atoms with E-state index >= 15 is 0 Å². The summed E-state index contributed by atoms with van der Waals surface area (Å²) in [7, 11) is 1.31. The number of amides is 1. The van der Waals surface area contributed by atoms with Crippen LogP contribution in [0.3, 0.4) is 0 Å². The van der Waals surface area contributed by atoms with Gasteiger partial charge in [0.05, 0.1) is 7.11 Å². The summed E-state index contributed by atoms with van der Waals surface area (Å²) in [5.74, 6) is -0.418. The monoisotopic (exact) mass is 427 g/mol. The average Bonchev–Trinajstić information content (AvgIpc) is 2.26. The smallest absolute Gasteiger partial charge is 0.410 e. The second-order valence-electron chi connectivity index (χ2n) is 4.87. The second-order valence-corrected chi connectivity index (χ2v) is 4.87. The maximum Gasteiger partial charge on any atom is 0.410 e. The molecule has 0 aliphatic carbocycles. The van der Waals surface area contributed by atoms with E-state index in [9.17, 15) is 9.59 Å². The Morgan fingerprint density at radius 1 is 1.33 bits per heavy atom. The first kappa shape index (κ1) is 17.4. The molecule has 1 rings (SSSR count). The van der Waals surface area contributed by atoms with E-state index in [2.05, 4.69) is 10.1 Å². The number of rotatable bonds is 1. The first-order chi connectivity index (χ1) is 7.83. The first-order valence-corrected chi connectivity index (χ1v) is 5.56. The molecule has 1 atom stereocenters. The van der Waals surface area contributed by atoms with Crippen molar-refractivity contribution in [3.63, 3.8) is 0 Å². The molecule has 6 nitrogen and oxygen atoms in total. The van der Waals surface area contributed by atoms with Gasteiger partial charge in [-0.1, -0.05) is 0 Å². The van der Waals surface area contributed by atoms with Gasteiger partial charge in [-0.2, -0.15) is 0 Å². The van der Waals surface area contributed by atoms with Crippen LogP contribution in [0.1, 0.15) is 20.8 Å². The van der Waals surface area contributed by atoms with Gasteiger partial charge in [-0.25, -0.2) is 4.79 Å². The number of hydrogen-bond acceptors (Lipinski definition) is 4. The third kappa shape index (κ3) is 5.36. The van der Waals surface area contributed by atoms with Crippen molar-refractivity contribution in [2.24, 2.45) is 0 Å². The van der Waals surface area contributed by atoms with Crippen LogP contribution < -0.4 is 0 Å². The molecule has 0 radical (unpaired) electrons. The van der Waals surface area contributed by atoms with E-state index in [1.54, 1.807) is 20.8 Å². The zero-order valence-corrected chi connectivity index (χ0v) is 14.1. The fraction of sp³-hybridized carbons (Fsp3) is 0.818. The summed E-state index contributed by atoms with van der Waals surface area (Å²) in [6, 6.07) is -0.596. The minimum Gasteiger partial charge on any atom is -0.647 e. The Morgan fingerprint density at radius 2 is 1.94 bits per heavy atom. The Balaban J connectivity index is 0.00000289. The van der Waals surface area contributed by atoms with Gasteiger partial charge in [0.2, 0.25) is 0 Å². The van der Waals surface area contributed by atoms with Gasteiger partial charge in [-0.3, -0.25) is 4.79 Å². The van der Waals surface area contributed by atoms with Crippen LogP contribution >= 0.6 is 0 Å². The summed E-state index contributed by atoms with van der Waals surface area (Å²) in [5.41, 5.74) is -0.535. The van der Waals surface area contributed by atoms with Crippen molar-refractivity contribution in [2.45, 2.75) is 32.4 Å². The standard InChI is InChI=1S/C11H19N2O4.W/c1-11(2,3)17-10(15)13-6-5-12-8(7-13)9(14)16-4;/h8H,5-7H2,1-4H3;/q-1;. The van der Waals surface area contributed by atoms with Crippen molar-refractivity contribution < 1.29 is 40.1 Å². The molecule has 0 aromatic heterocycles. The zero-order valence-electron chi connectivity index (χ0n) is 11.1. The summed E-state index contributed by atoms with van der Waals surface area (Å²) in [6.45, 7) is 6.54. The molecule has 0 aromatic carbocycles. The van der Waals surface area contributed by atoms with Gasteiger partial charge in [-0.15, -0.1) is 6.54 Å². The van der Waals surface area contributed by atoms with Crippen molar-refractivity contribution in [3.05, 3.63) is 5.32 Å². The van der Waals surface area contributed by atoms with Crippen molar-refractivity contribution in [3.8, 4) is 0 Å². The number of carbonyl (C=O) groups excluding carboxylic acids is 2. The minimum absolute atomic E-state index is 0. The second kappa shape index (κ2) is 7.09. The van der Waals surface area contributed by atoms with E-state index in [0.717, 1.165) is 0 Å². The molecule has 0 saturated carbocycles. The SMILES string of the molecule is COC(=O)C1CN(C(=O)OC(C)(C)C)CC[N-]1.[W]. The van der Waals surface area contributed by atoms with Crippen LogP contribution in [0.5, 0.6) is 0 Å². The minimum atomic E-state index is -0.596. The van der Waals surface area contributed by atoms with Gasteiger partial charge in [0, 0.05) is 34.2 Å². The van der Waals surface area contributed by atoms with Gasteiger partial charge in [0.25, 0.3) is 5.97 Å².